The number of ether oxygens (including phenoxy) is 2. The number of hydrogen-bond donors (Lipinski definition) is 2. The van der Waals surface area contributed by atoms with Gasteiger partial charge in [-0.3, -0.25) is 18.9 Å². The van der Waals surface area contributed by atoms with Crippen molar-refractivity contribution in [2.75, 3.05) is 74.0 Å². The molecule has 19 heteroatoms. The van der Waals surface area contributed by atoms with Crippen molar-refractivity contribution in [1.29, 1.82) is 5.26 Å². The summed E-state index contributed by atoms with van der Waals surface area (Å²) in [6, 6.07) is 12.9. The maximum Gasteiger partial charge on any atom is 0.322 e. The number of nitrogens with zero attached hydrogens (tertiary/aromatic N) is 9. The second-order valence-electron chi connectivity index (χ2n) is 19.7. The highest BCUT2D eigenvalue weighted by Gasteiger charge is 2.55. The van der Waals surface area contributed by atoms with Gasteiger partial charge in [0.25, 0.3) is 5.56 Å². The fraction of sp³-hybridized carbons (Fsp3) is 0.500. The third-order valence-corrected chi connectivity index (χ3v) is 16.3. The standard InChI is InChI=1S/C48H53F2N11O5S/c1-52-45(64)60(13-3-17-62)43-34-19-37(50)41(20-40(34)56(2)54-43)58-26-47(27-58)21-30(22-47)57-14-11-48(12-15-57)23-31(25-65-48)61-29-53-38-6-4-32(18-33(38)44(61)63)66-42-35(24-51)39(7-5-36(42)49)55-67-59-16-10-46(28-59)8-9-46/h4-7,17-20,29-31,55H,3,8-16,21-23,25-28H2,1-2H3,(H,52,64). The molecule has 350 valence electrons. The minimum absolute atomic E-state index is 0.0490. The molecule has 1 unspecified atom stereocenters. The van der Waals surface area contributed by atoms with Crippen molar-refractivity contribution >= 4 is 63.4 Å². The topological polar surface area (TPSA) is 166 Å². The number of benzene rings is 3. The number of amides is 2. The monoisotopic (exact) mass is 933 g/mol. The second-order valence-corrected chi connectivity index (χ2v) is 20.6. The summed E-state index contributed by atoms with van der Waals surface area (Å²) in [6.45, 7) is 5.81. The summed E-state index contributed by atoms with van der Waals surface area (Å²) in [5, 5.41) is 18.1. The first-order chi connectivity index (χ1) is 32.4. The van der Waals surface area contributed by atoms with Crippen LogP contribution in [0.4, 0.5) is 30.8 Å². The summed E-state index contributed by atoms with van der Waals surface area (Å²) >= 11 is 1.43. The number of carbonyl (C=O) groups is 2. The lowest BCUT2D eigenvalue weighted by atomic mass is 9.59. The second kappa shape index (κ2) is 16.8. The SMILES string of the molecule is CNC(=O)N(CCC=O)c1nn(C)c2cc(N3CC4(CC(N5CCC6(CC5)CC(n5cnc7ccc(Oc8c(F)ccc(NSN9CCC%10(CC%10)C9)c8C#N)cc7c5=O)CO6)C4)C3)c(F)cc12. The van der Waals surface area contributed by atoms with Gasteiger partial charge < -0.3 is 34.1 Å². The normalized spacial score (nSPS) is 21.7. The number of fused-ring (bicyclic) bond motifs is 2. The number of hydrogen-bond acceptors (Lipinski definition) is 13. The van der Waals surface area contributed by atoms with Crippen molar-refractivity contribution in [2.24, 2.45) is 17.9 Å². The Morgan fingerprint density at radius 1 is 1.00 bits per heavy atom. The molecule has 0 radical (unpaired) electrons. The quantitative estimate of drug-likeness (QED) is 0.0983. The number of nitriles is 1. The third kappa shape index (κ3) is 7.84. The first-order valence-electron chi connectivity index (χ1n) is 23.2. The zero-order valence-electron chi connectivity index (χ0n) is 37.6. The fourth-order valence-electron chi connectivity index (χ4n) is 11.4. The molecule has 2 amide bonds. The van der Waals surface area contributed by atoms with Gasteiger partial charge in [-0.15, -0.1) is 0 Å². The maximum absolute atomic E-state index is 15.8. The Bertz CT molecular complexity index is 2900. The largest absolute Gasteiger partial charge is 0.453 e. The first-order valence-corrected chi connectivity index (χ1v) is 24.0. The smallest absolute Gasteiger partial charge is 0.322 e. The van der Waals surface area contributed by atoms with Crippen LogP contribution in [0.15, 0.2) is 53.6 Å². The lowest BCUT2D eigenvalue weighted by Crippen LogP contribution is -2.67. The molecule has 2 N–H and O–H groups in total. The lowest BCUT2D eigenvalue weighted by molar-refractivity contribution is -0.107. The molecule has 6 heterocycles. The van der Waals surface area contributed by atoms with E-state index in [0.717, 1.165) is 71.2 Å². The number of aryl methyl sites for hydroxylation is 1. The van der Waals surface area contributed by atoms with Crippen molar-refractivity contribution in [3.63, 3.8) is 0 Å². The average Bonchev–Trinajstić information content (AvgIpc) is 3.58. The van der Waals surface area contributed by atoms with Gasteiger partial charge in [0.2, 0.25) is 0 Å². The molecule has 6 fully saturated rings. The summed E-state index contributed by atoms with van der Waals surface area (Å²) in [6.07, 6.45) is 10.6. The van der Waals surface area contributed by atoms with Crippen LogP contribution in [0.1, 0.15) is 69.4 Å². The molecule has 6 aliphatic rings. The molecule has 16 nitrogen and oxygen atoms in total. The van der Waals surface area contributed by atoms with Gasteiger partial charge in [0.1, 0.15) is 29.5 Å². The average molecular weight is 934 g/mol. The van der Waals surface area contributed by atoms with Gasteiger partial charge in [-0.25, -0.2) is 22.9 Å². The zero-order chi connectivity index (χ0) is 46.2. The molecule has 2 aromatic heterocycles. The molecule has 3 aromatic carbocycles. The van der Waals surface area contributed by atoms with E-state index in [2.05, 4.69) is 40.3 Å². The minimum Gasteiger partial charge on any atom is -0.453 e. The third-order valence-electron chi connectivity index (χ3n) is 15.5. The molecule has 67 heavy (non-hydrogen) atoms. The van der Waals surface area contributed by atoms with Crippen LogP contribution in [0.3, 0.4) is 0 Å². The van der Waals surface area contributed by atoms with E-state index in [-0.39, 0.29) is 58.5 Å². The van der Waals surface area contributed by atoms with E-state index in [1.54, 1.807) is 46.9 Å². The number of carbonyl (C=O) groups excluding carboxylic acids is 2. The molecule has 11 rings (SSSR count). The van der Waals surface area contributed by atoms with Crippen LogP contribution in [0.25, 0.3) is 21.8 Å². The number of halogens is 2. The number of aromatic nitrogens is 4. The summed E-state index contributed by atoms with van der Waals surface area (Å²) in [5.74, 6) is -0.705. The number of anilines is 3. The number of urea groups is 1. The molecule has 5 aromatic rings. The Hall–Kier alpha value is -5.81. The van der Waals surface area contributed by atoms with Crippen molar-refractivity contribution in [1.82, 2.24) is 33.9 Å². The fourth-order valence-corrected chi connectivity index (χ4v) is 12.3. The highest BCUT2D eigenvalue weighted by Crippen LogP contribution is 2.55. The highest BCUT2D eigenvalue weighted by molar-refractivity contribution is 7.98. The van der Waals surface area contributed by atoms with Crippen LogP contribution in [-0.2, 0) is 16.6 Å². The van der Waals surface area contributed by atoms with E-state index in [1.165, 1.54) is 55.5 Å². The summed E-state index contributed by atoms with van der Waals surface area (Å²) < 4.78 is 52.4. The van der Waals surface area contributed by atoms with E-state index in [0.29, 0.717) is 63.5 Å². The van der Waals surface area contributed by atoms with Gasteiger partial charge in [-0.1, -0.05) is 0 Å². The number of nitrogens with one attached hydrogen (secondary N) is 2. The Labute approximate surface area is 390 Å². The van der Waals surface area contributed by atoms with Crippen molar-refractivity contribution in [2.45, 2.75) is 75.5 Å². The highest BCUT2D eigenvalue weighted by atomic mass is 32.2. The lowest BCUT2D eigenvalue weighted by Gasteiger charge is -2.62. The molecular formula is C48H53F2N11O5S. The van der Waals surface area contributed by atoms with E-state index in [9.17, 15) is 19.6 Å². The van der Waals surface area contributed by atoms with Crippen molar-refractivity contribution in [3.05, 3.63) is 76.3 Å². The molecule has 2 aliphatic carbocycles. The van der Waals surface area contributed by atoms with E-state index in [1.807, 2.05) is 6.07 Å². The Morgan fingerprint density at radius 3 is 2.54 bits per heavy atom. The van der Waals surface area contributed by atoms with E-state index in [4.69, 9.17) is 9.47 Å². The van der Waals surface area contributed by atoms with Gasteiger partial charge >= 0.3 is 6.03 Å². The van der Waals surface area contributed by atoms with Gasteiger partial charge in [-0.2, -0.15) is 10.4 Å². The van der Waals surface area contributed by atoms with Gasteiger partial charge in [0, 0.05) is 95.3 Å². The molecule has 0 bridgehead atoms. The van der Waals surface area contributed by atoms with Crippen molar-refractivity contribution in [3.8, 4) is 17.6 Å². The van der Waals surface area contributed by atoms with Crippen LogP contribution >= 0.6 is 12.1 Å². The van der Waals surface area contributed by atoms with Crippen LogP contribution in [0, 0.1) is 33.8 Å². The Balaban J connectivity index is 0.700. The minimum atomic E-state index is -0.676. The predicted octanol–water partition coefficient (Wildman–Crippen LogP) is 6.89. The Morgan fingerprint density at radius 2 is 1.81 bits per heavy atom. The van der Waals surface area contributed by atoms with Crippen LogP contribution in [0.2, 0.25) is 0 Å². The molecule has 4 aliphatic heterocycles. The number of aldehydes is 1. The van der Waals surface area contributed by atoms with Crippen LogP contribution < -0.4 is 30.1 Å². The van der Waals surface area contributed by atoms with Crippen LogP contribution in [-0.4, -0.2) is 112 Å². The van der Waals surface area contributed by atoms with E-state index < -0.39 is 11.8 Å². The van der Waals surface area contributed by atoms with Crippen molar-refractivity contribution < 1.29 is 27.8 Å². The zero-order valence-corrected chi connectivity index (χ0v) is 38.4. The Kier molecular flexibility index (Phi) is 10.9. The molecule has 3 spiro atoms. The first kappa shape index (κ1) is 43.7. The van der Waals surface area contributed by atoms with Gasteiger partial charge in [0.05, 0.1) is 52.4 Å². The number of rotatable bonds is 12. The van der Waals surface area contributed by atoms with E-state index >= 15 is 8.78 Å². The molecule has 2 saturated carbocycles. The predicted molar refractivity (Wildman–Crippen MR) is 250 cm³/mol. The van der Waals surface area contributed by atoms with Gasteiger partial charge in [-0.05, 0) is 99.2 Å². The van der Waals surface area contributed by atoms with Crippen LogP contribution in [0.5, 0.6) is 11.5 Å². The molecule has 1 atom stereocenters. The molecule has 4 saturated heterocycles. The summed E-state index contributed by atoms with van der Waals surface area (Å²) in [5.41, 5.74) is 2.25. The molecular weight excluding hydrogens is 881 g/mol. The number of likely N-dealkylation sites (tertiary alicyclic amines) is 1. The number of piperidine rings is 1. The summed E-state index contributed by atoms with van der Waals surface area (Å²) in [7, 11) is 3.27. The summed E-state index contributed by atoms with van der Waals surface area (Å²) in [4.78, 5) is 48.5. The van der Waals surface area contributed by atoms with Gasteiger partial charge in [0.15, 0.2) is 17.4 Å². The maximum atomic E-state index is 15.8.